The molecule has 12 atom stereocenters. The van der Waals surface area contributed by atoms with E-state index in [4.69, 9.17) is 19.9 Å². The molecule has 0 aromatic carbocycles. The average Bonchev–Trinajstić information content (AvgIpc) is 3.00. The number of allylic oxidation sites excluding steroid dienone is 1. The van der Waals surface area contributed by atoms with Crippen LogP contribution in [0.15, 0.2) is 11.6 Å². The third-order valence-electron chi connectivity index (χ3n) is 14.9. The van der Waals surface area contributed by atoms with Crippen LogP contribution in [0.5, 0.6) is 0 Å². The summed E-state index contributed by atoms with van der Waals surface area (Å²) in [4.78, 5) is 49.9. The number of carboxylic acid groups (broad SMARTS) is 1. The Kier molecular flexibility index (Phi) is 9.98. The summed E-state index contributed by atoms with van der Waals surface area (Å²) in [7, 11) is 0. The Bertz CT molecular complexity index is 1320. The molecule has 0 radical (unpaired) electrons. The third kappa shape index (κ3) is 5.51. The summed E-state index contributed by atoms with van der Waals surface area (Å²) in [5.41, 5.74) is 5.53. The Hall–Kier alpha value is -2.46. The van der Waals surface area contributed by atoms with Gasteiger partial charge in [-0.2, -0.15) is 0 Å². The zero-order chi connectivity index (χ0) is 35.4. The van der Waals surface area contributed by atoms with Gasteiger partial charge in [0.05, 0.1) is 19.1 Å². The molecule has 4 fully saturated rings. The first kappa shape index (κ1) is 36.8. The zero-order valence-corrected chi connectivity index (χ0v) is 30.4. The first-order valence-electron chi connectivity index (χ1n) is 18.2. The van der Waals surface area contributed by atoms with Gasteiger partial charge in [-0.25, -0.2) is 0 Å². The molecule has 0 aromatic rings. The van der Waals surface area contributed by atoms with E-state index in [0.29, 0.717) is 57.8 Å². The smallest absolute Gasteiger partial charge is 0.323 e. The van der Waals surface area contributed by atoms with E-state index < -0.39 is 58.3 Å². The Morgan fingerprint density at radius 1 is 1.08 bits per heavy atom. The topological polar surface area (TPSA) is 154 Å². The van der Waals surface area contributed by atoms with E-state index in [2.05, 4.69) is 59.9 Å². The molecule has 1 heterocycles. The van der Waals surface area contributed by atoms with Gasteiger partial charge >= 0.3 is 17.9 Å². The van der Waals surface area contributed by atoms with Gasteiger partial charge in [0.1, 0.15) is 18.2 Å². The van der Waals surface area contributed by atoms with Crippen LogP contribution in [-0.4, -0.2) is 67.4 Å². The number of carboxylic acids is 1. The van der Waals surface area contributed by atoms with E-state index in [1.54, 1.807) is 0 Å². The maximum absolute atomic E-state index is 13.4. The number of fused-ring (bicyclic) bond motifs is 3. The Balaban J connectivity index is 1.52. The number of hydrogen-bond acceptors (Lipinski definition) is 8. The first-order chi connectivity index (χ1) is 22.4. The van der Waals surface area contributed by atoms with Crippen molar-refractivity contribution in [2.45, 2.75) is 125 Å². The van der Waals surface area contributed by atoms with Crippen molar-refractivity contribution in [1.82, 2.24) is 5.32 Å². The average molecular weight is 673 g/mol. The fourth-order valence-electron chi connectivity index (χ4n) is 11.9. The third-order valence-corrected chi connectivity index (χ3v) is 14.9. The van der Waals surface area contributed by atoms with Crippen molar-refractivity contribution < 1.29 is 38.5 Å². The van der Waals surface area contributed by atoms with Gasteiger partial charge in [0.2, 0.25) is 6.41 Å². The molecule has 1 unspecified atom stereocenters. The van der Waals surface area contributed by atoms with Crippen molar-refractivity contribution in [2.24, 2.45) is 62.4 Å². The van der Waals surface area contributed by atoms with Crippen LogP contribution in [-0.2, 0) is 33.4 Å². The van der Waals surface area contributed by atoms with E-state index in [9.17, 15) is 24.3 Å². The number of ether oxygens (including phenoxy) is 3. The van der Waals surface area contributed by atoms with Crippen LogP contribution in [0.3, 0.4) is 0 Å². The Labute approximate surface area is 286 Å². The van der Waals surface area contributed by atoms with Crippen molar-refractivity contribution in [1.29, 1.82) is 0 Å². The molecule has 10 heteroatoms. The lowest BCUT2D eigenvalue weighted by Gasteiger charge is -2.71. The van der Waals surface area contributed by atoms with Gasteiger partial charge in [0.25, 0.3) is 0 Å². The van der Waals surface area contributed by atoms with Gasteiger partial charge in [-0.05, 0) is 91.3 Å². The molecule has 2 bridgehead atoms. The SMILES string of the molecule is CC(=O)O[C@@H]1C[C@@]23COC[C@](C)([C@@H]2CC[C@H]2C3=CC[C@@]3(C)[C@H](C(=O)O)[C@@](C)([C@H](C)C(C)C)CC[C@]23C)[C@H]1OC(=O)C(N)CCCNC=O. The van der Waals surface area contributed by atoms with Gasteiger partial charge in [0, 0.05) is 24.3 Å². The number of aliphatic carboxylic acids is 1. The first-order valence-corrected chi connectivity index (χ1v) is 18.2. The number of carbonyl (C=O) groups is 4. The maximum atomic E-state index is 13.4. The van der Waals surface area contributed by atoms with Gasteiger partial charge in [0.15, 0.2) is 0 Å². The molecule has 1 saturated heterocycles. The van der Waals surface area contributed by atoms with Crippen LogP contribution in [0, 0.1) is 56.7 Å². The van der Waals surface area contributed by atoms with E-state index in [1.165, 1.54) is 12.5 Å². The molecular formula is C38H60N2O8. The molecule has 5 rings (SSSR count). The standard InChI is InChI=1S/C38H60N2O8/c1-22(2)23(3)34(5)15-16-36(7)25-11-12-29-35(6)19-46-20-38(29,26(25)13-14-37(36,8)30(34)32(43)44)18-28(47-24(4)42)31(35)48-33(45)27(39)10-9-17-40-21-41/h13,21-23,25,27-31H,9-12,14-20,39H2,1-8H3,(H,40,41)(H,43,44)/t23-,25+,27?,28-,29+,30-,31+,34-,35-,36-,37+,38+/m1/s1. The highest BCUT2D eigenvalue weighted by Gasteiger charge is 2.72. The molecule has 1 amide bonds. The molecule has 0 aromatic heterocycles. The molecule has 4 N–H and O–H groups in total. The summed E-state index contributed by atoms with van der Waals surface area (Å²) >= 11 is 0. The number of nitrogens with two attached hydrogens (primary N) is 1. The highest BCUT2D eigenvalue weighted by atomic mass is 16.6. The van der Waals surface area contributed by atoms with Gasteiger partial charge in [-0.3, -0.25) is 19.2 Å². The van der Waals surface area contributed by atoms with Crippen LogP contribution < -0.4 is 11.1 Å². The minimum Gasteiger partial charge on any atom is -0.481 e. The monoisotopic (exact) mass is 672 g/mol. The summed E-state index contributed by atoms with van der Waals surface area (Å²) in [6.45, 7) is 18.2. The van der Waals surface area contributed by atoms with Crippen molar-refractivity contribution >= 4 is 24.3 Å². The lowest BCUT2D eigenvalue weighted by Crippen LogP contribution is -2.70. The molecule has 3 saturated carbocycles. The maximum Gasteiger partial charge on any atom is 0.323 e. The van der Waals surface area contributed by atoms with E-state index in [0.717, 1.165) is 25.7 Å². The molecule has 5 aliphatic rings. The molecule has 48 heavy (non-hydrogen) atoms. The number of rotatable bonds is 11. The number of amides is 1. The predicted octanol–water partition coefficient (Wildman–Crippen LogP) is 5.27. The molecule has 1 aliphatic heterocycles. The molecule has 0 spiro atoms. The number of esters is 2. The summed E-state index contributed by atoms with van der Waals surface area (Å²) in [6, 6.07) is -0.872. The fraction of sp³-hybridized carbons (Fsp3) is 0.842. The van der Waals surface area contributed by atoms with Crippen LogP contribution in [0.2, 0.25) is 0 Å². The predicted molar refractivity (Wildman–Crippen MR) is 180 cm³/mol. The number of nitrogens with one attached hydrogen (secondary N) is 1. The number of hydrogen-bond donors (Lipinski definition) is 3. The summed E-state index contributed by atoms with van der Waals surface area (Å²) < 4.78 is 18.7. The van der Waals surface area contributed by atoms with Gasteiger partial charge in [-0.15, -0.1) is 0 Å². The minimum absolute atomic E-state index is 0.122. The second-order valence-corrected chi connectivity index (χ2v) is 17.4. The van der Waals surface area contributed by atoms with Crippen LogP contribution in [0.4, 0.5) is 0 Å². The van der Waals surface area contributed by atoms with Gasteiger partial charge in [-0.1, -0.05) is 60.1 Å². The molecule has 270 valence electrons. The number of carbonyl (C=O) groups excluding carboxylic acids is 3. The Morgan fingerprint density at radius 3 is 2.42 bits per heavy atom. The van der Waals surface area contributed by atoms with Crippen molar-refractivity contribution in [2.75, 3.05) is 19.8 Å². The second kappa shape index (κ2) is 13.0. The van der Waals surface area contributed by atoms with Gasteiger partial charge < -0.3 is 30.4 Å². The van der Waals surface area contributed by atoms with E-state index >= 15 is 0 Å². The quantitative estimate of drug-likeness (QED) is 0.115. The lowest BCUT2D eigenvalue weighted by atomic mass is 9.34. The lowest BCUT2D eigenvalue weighted by molar-refractivity contribution is -0.263. The van der Waals surface area contributed by atoms with Crippen LogP contribution in [0.1, 0.15) is 107 Å². The summed E-state index contributed by atoms with van der Waals surface area (Å²) in [6.07, 6.45) is 7.23. The van der Waals surface area contributed by atoms with Crippen LogP contribution in [0.25, 0.3) is 0 Å². The largest absolute Gasteiger partial charge is 0.481 e. The summed E-state index contributed by atoms with van der Waals surface area (Å²) in [5.74, 6) is -1.21. The fourth-order valence-corrected chi connectivity index (χ4v) is 11.9. The molecule has 10 nitrogen and oxygen atoms in total. The normalized spacial score (nSPS) is 43.0. The van der Waals surface area contributed by atoms with Crippen LogP contribution >= 0.6 is 0 Å². The van der Waals surface area contributed by atoms with E-state index in [1.807, 2.05) is 0 Å². The summed E-state index contributed by atoms with van der Waals surface area (Å²) in [5, 5.41) is 13.5. The highest BCUT2D eigenvalue weighted by Crippen LogP contribution is 2.75. The Morgan fingerprint density at radius 2 is 1.79 bits per heavy atom. The minimum atomic E-state index is -0.872. The highest BCUT2D eigenvalue weighted by molar-refractivity contribution is 5.76. The van der Waals surface area contributed by atoms with Crippen molar-refractivity contribution in [3.8, 4) is 0 Å². The zero-order valence-electron chi connectivity index (χ0n) is 30.4. The van der Waals surface area contributed by atoms with E-state index in [-0.39, 0.29) is 28.6 Å². The van der Waals surface area contributed by atoms with Crippen molar-refractivity contribution in [3.05, 3.63) is 11.6 Å². The molecular weight excluding hydrogens is 612 g/mol. The molecule has 4 aliphatic carbocycles. The second-order valence-electron chi connectivity index (χ2n) is 17.4. The van der Waals surface area contributed by atoms with Crippen molar-refractivity contribution in [3.63, 3.8) is 0 Å².